The Hall–Kier alpha value is -3.85. The van der Waals surface area contributed by atoms with Gasteiger partial charge in [0.2, 0.25) is 0 Å². The van der Waals surface area contributed by atoms with Crippen LogP contribution in [0.3, 0.4) is 0 Å². The number of hydrogen-bond acceptors (Lipinski definition) is 3. The number of nitrogens with zero attached hydrogens (tertiary/aromatic N) is 4. The molecule has 0 radical (unpaired) electrons. The Labute approximate surface area is 143 Å². The molecule has 0 aliphatic carbocycles. The highest BCUT2D eigenvalue weighted by Crippen LogP contribution is 2.20. The topological polar surface area (TPSA) is 72.4 Å². The maximum atomic E-state index is 11.6. The lowest BCUT2D eigenvalue weighted by Gasteiger charge is -2.10. The summed E-state index contributed by atoms with van der Waals surface area (Å²) in [5.74, 6) is 5.16. The fourth-order valence-electron chi connectivity index (χ4n) is 2.61. The number of aromatic nitrogens is 4. The molecule has 0 amide bonds. The number of benzene rings is 1. The summed E-state index contributed by atoms with van der Waals surface area (Å²) >= 11 is 0. The van der Waals surface area contributed by atoms with Gasteiger partial charge >= 0.3 is 5.97 Å². The molecule has 0 aliphatic heterocycles. The lowest BCUT2D eigenvalue weighted by molar-refractivity contribution is 0.0697. The predicted octanol–water partition coefficient (Wildman–Crippen LogP) is 2.62. The van der Waals surface area contributed by atoms with Gasteiger partial charge < -0.3 is 9.67 Å². The summed E-state index contributed by atoms with van der Waals surface area (Å²) in [4.78, 5) is 15.7. The van der Waals surface area contributed by atoms with Crippen LogP contribution in [0.25, 0.3) is 11.3 Å². The van der Waals surface area contributed by atoms with Gasteiger partial charge in [0.25, 0.3) is 0 Å². The third-order valence-electron chi connectivity index (χ3n) is 3.75. The molecule has 0 fully saturated rings. The van der Waals surface area contributed by atoms with E-state index in [0.29, 0.717) is 16.9 Å². The Balaban J connectivity index is 1.83. The second kappa shape index (κ2) is 5.98. The Morgan fingerprint density at radius 3 is 2.68 bits per heavy atom. The van der Waals surface area contributed by atoms with Gasteiger partial charge in [-0.1, -0.05) is 17.9 Å². The van der Waals surface area contributed by atoms with E-state index in [1.165, 1.54) is 6.33 Å². The molecule has 120 valence electrons. The van der Waals surface area contributed by atoms with Crippen LogP contribution in [0.4, 0.5) is 0 Å². The molecule has 4 aromatic rings. The van der Waals surface area contributed by atoms with Crippen molar-refractivity contribution in [1.29, 1.82) is 0 Å². The largest absolute Gasteiger partial charge is 0.478 e. The number of aromatic carboxylic acids is 1. The Morgan fingerprint density at radius 1 is 1.04 bits per heavy atom. The summed E-state index contributed by atoms with van der Waals surface area (Å²) in [7, 11) is 0. The smallest absolute Gasteiger partial charge is 0.337 e. The molecule has 4 rings (SSSR count). The van der Waals surface area contributed by atoms with E-state index in [1.807, 2.05) is 30.3 Å². The number of fused-ring (bicyclic) bond motifs is 1. The zero-order chi connectivity index (χ0) is 17.2. The summed E-state index contributed by atoms with van der Waals surface area (Å²) in [5, 5.41) is 13.5. The van der Waals surface area contributed by atoms with Crippen LogP contribution in [0, 0.1) is 11.8 Å². The van der Waals surface area contributed by atoms with Crippen molar-refractivity contribution in [1.82, 2.24) is 19.2 Å². The van der Waals surface area contributed by atoms with Gasteiger partial charge in [0, 0.05) is 29.7 Å². The van der Waals surface area contributed by atoms with E-state index >= 15 is 0 Å². The van der Waals surface area contributed by atoms with E-state index in [4.69, 9.17) is 0 Å². The maximum Gasteiger partial charge on any atom is 0.337 e. The minimum atomic E-state index is -0.989. The molecule has 3 heterocycles. The summed E-state index contributed by atoms with van der Waals surface area (Å²) in [6.07, 6.45) is 6.87. The molecule has 0 saturated heterocycles. The fraction of sp³-hybridized carbons (Fsp3) is 0. The molecule has 1 aromatic carbocycles. The molecule has 0 aliphatic rings. The van der Waals surface area contributed by atoms with Crippen LogP contribution < -0.4 is 0 Å². The van der Waals surface area contributed by atoms with Crippen LogP contribution in [-0.2, 0) is 0 Å². The van der Waals surface area contributed by atoms with E-state index in [-0.39, 0.29) is 5.56 Å². The first-order chi connectivity index (χ1) is 12.2. The average molecular weight is 328 g/mol. The van der Waals surface area contributed by atoms with Crippen molar-refractivity contribution in [3.63, 3.8) is 0 Å². The van der Waals surface area contributed by atoms with Crippen LogP contribution in [0.5, 0.6) is 0 Å². The van der Waals surface area contributed by atoms with Crippen molar-refractivity contribution < 1.29 is 9.90 Å². The molecule has 6 heteroatoms. The number of carboxylic acids is 1. The van der Waals surface area contributed by atoms with Crippen molar-refractivity contribution in [2.75, 3.05) is 0 Å². The minimum Gasteiger partial charge on any atom is -0.478 e. The molecule has 0 bridgehead atoms. The second-order valence-corrected chi connectivity index (χ2v) is 5.33. The monoisotopic (exact) mass is 328 g/mol. The first-order valence-corrected chi connectivity index (χ1v) is 7.53. The highest BCUT2D eigenvalue weighted by Gasteiger charge is 2.14. The average Bonchev–Trinajstić information content (AvgIpc) is 3.30. The van der Waals surface area contributed by atoms with Crippen LogP contribution in [0.15, 0.2) is 67.4 Å². The van der Waals surface area contributed by atoms with Crippen LogP contribution >= 0.6 is 0 Å². The number of carbonyl (C=O) groups is 1. The molecular formula is C19H12N4O2. The number of hydrogen-bond donors (Lipinski definition) is 1. The van der Waals surface area contributed by atoms with Crippen molar-refractivity contribution in [3.8, 4) is 17.5 Å². The quantitative estimate of drug-likeness (QED) is 0.574. The van der Waals surface area contributed by atoms with Gasteiger partial charge in [-0.05, 0) is 36.4 Å². The van der Waals surface area contributed by atoms with Gasteiger partial charge in [0.15, 0.2) is 5.65 Å². The summed E-state index contributed by atoms with van der Waals surface area (Å²) in [5.41, 5.74) is 2.88. The van der Waals surface area contributed by atoms with Crippen LogP contribution in [0.1, 0.15) is 21.5 Å². The Bertz CT molecular complexity index is 1130. The highest BCUT2D eigenvalue weighted by molar-refractivity contribution is 5.93. The Kier molecular flexibility index (Phi) is 3.52. The lowest BCUT2D eigenvalue weighted by Crippen LogP contribution is -2.06. The van der Waals surface area contributed by atoms with Gasteiger partial charge in [-0.15, -0.1) is 0 Å². The van der Waals surface area contributed by atoms with E-state index in [9.17, 15) is 9.90 Å². The standard InChI is InChI=1S/C19H12N4O2/c24-19(25)16-5-3-4-15(18(16)22-9-1-2-10-22)7-6-14-8-11-23-17(12-14)20-13-21-23/h1-5,8-13H,(H,24,25). The summed E-state index contributed by atoms with van der Waals surface area (Å²) < 4.78 is 3.41. The van der Waals surface area contributed by atoms with E-state index in [0.717, 1.165) is 5.56 Å². The van der Waals surface area contributed by atoms with Gasteiger partial charge in [-0.25, -0.2) is 14.3 Å². The van der Waals surface area contributed by atoms with E-state index in [2.05, 4.69) is 21.9 Å². The lowest BCUT2D eigenvalue weighted by atomic mass is 10.1. The number of pyridine rings is 1. The number of rotatable bonds is 2. The first kappa shape index (κ1) is 14.7. The van der Waals surface area contributed by atoms with Crippen molar-refractivity contribution in [2.24, 2.45) is 0 Å². The molecule has 0 atom stereocenters. The molecule has 25 heavy (non-hydrogen) atoms. The highest BCUT2D eigenvalue weighted by atomic mass is 16.4. The van der Waals surface area contributed by atoms with E-state index in [1.54, 1.807) is 39.8 Å². The van der Waals surface area contributed by atoms with Crippen molar-refractivity contribution in [3.05, 3.63) is 84.1 Å². The zero-order valence-electron chi connectivity index (χ0n) is 13.0. The SMILES string of the molecule is O=C(O)c1cccc(C#Cc2ccn3ncnc3c2)c1-n1cccc1. The molecule has 6 nitrogen and oxygen atoms in total. The second-order valence-electron chi connectivity index (χ2n) is 5.33. The van der Waals surface area contributed by atoms with Gasteiger partial charge in [0.1, 0.15) is 6.33 Å². The summed E-state index contributed by atoms with van der Waals surface area (Å²) in [6, 6.07) is 12.4. The zero-order valence-corrected chi connectivity index (χ0v) is 13.0. The first-order valence-electron chi connectivity index (χ1n) is 7.53. The minimum absolute atomic E-state index is 0.205. The fourth-order valence-corrected chi connectivity index (χ4v) is 2.61. The molecular weight excluding hydrogens is 316 g/mol. The predicted molar refractivity (Wildman–Crippen MR) is 91.7 cm³/mol. The van der Waals surface area contributed by atoms with Crippen LogP contribution in [-0.4, -0.2) is 30.2 Å². The molecule has 0 unspecified atom stereocenters. The maximum absolute atomic E-state index is 11.6. The molecule has 0 saturated carbocycles. The molecule has 0 spiro atoms. The van der Waals surface area contributed by atoms with Crippen molar-refractivity contribution >= 4 is 11.6 Å². The van der Waals surface area contributed by atoms with Gasteiger partial charge in [-0.3, -0.25) is 0 Å². The number of para-hydroxylation sites is 1. The third-order valence-corrected chi connectivity index (χ3v) is 3.75. The number of carboxylic acid groups (broad SMARTS) is 1. The van der Waals surface area contributed by atoms with Gasteiger partial charge in [-0.2, -0.15) is 5.10 Å². The Morgan fingerprint density at radius 2 is 1.88 bits per heavy atom. The van der Waals surface area contributed by atoms with Gasteiger partial charge in [0.05, 0.1) is 11.3 Å². The molecule has 3 aromatic heterocycles. The van der Waals surface area contributed by atoms with Crippen molar-refractivity contribution in [2.45, 2.75) is 0 Å². The van der Waals surface area contributed by atoms with Crippen LogP contribution in [0.2, 0.25) is 0 Å². The normalized spacial score (nSPS) is 10.4. The summed E-state index contributed by atoms with van der Waals surface area (Å²) in [6.45, 7) is 0. The third kappa shape index (κ3) is 2.75. The molecule has 1 N–H and O–H groups in total. The van der Waals surface area contributed by atoms with E-state index < -0.39 is 5.97 Å².